The summed E-state index contributed by atoms with van der Waals surface area (Å²) < 4.78 is 3.12. The fourth-order valence-corrected chi connectivity index (χ4v) is 7.06. The topological polar surface area (TPSA) is 93.2 Å². The first-order valence-electron chi connectivity index (χ1n) is 13.2. The van der Waals surface area contributed by atoms with Crippen LogP contribution in [0.1, 0.15) is 77.6 Å². The average Bonchev–Trinajstić information content (AvgIpc) is 3.45. The first-order valence-corrected chi connectivity index (χ1v) is 13.2. The smallest absolute Gasteiger partial charge is 0.281 e. The molecule has 3 aliphatic rings. The van der Waals surface area contributed by atoms with Gasteiger partial charge in [-0.1, -0.05) is 51.9 Å². The minimum atomic E-state index is -1.04. The molecule has 0 radical (unpaired) electrons. The molecule has 0 bridgehead atoms. The average molecular weight is 470 g/mol. The molecule has 1 amide bonds. The number of nitrogens with zero attached hydrogens (tertiary/aromatic N) is 5. The number of piperidine rings is 1. The fraction of sp³-hybridized carbons (Fsp3) is 0.769. The molecule has 1 saturated heterocycles. The van der Waals surface area contributed by atoms with Crippen molar-refractivity contribution in [3.05, 3.63) is 22.9 Å². The highest BCUT2D eigenvalue weighted by Crippen LogP contribution is 2.51. The lowest BCUT2D eigenvalue weighted by Crippen LogP contribution is -2.62. The Kier molecular flexibility index (Phi) is 6.29. The zero-order chi connectivity index (χ0) is 23.9. The number of carbonyl (C=O) groups is 1. The van der Waals surface area contributed by atoms with E-state index >= 15 is 0 Å². The quantitative estimate of drug-likeness (QED) is 0.726. The van der Waals surface area contributed by atoms with E-state index in [1.807, 2.05) is 4.90 Å². The number of aromatic nitrogens is 4. The Labute approximate surface area is 201 Å². The van der Waals surface area contributed by atoms with Gasteiger partial charge >= 0.3 is 0 Å². The van der Waals surface area contributed by atoms with Gasteiger partial charge in [-0.15, -0.1) is 0 Å². The maximum absolute atomic E-state index is 13.5. The number of hydrogen-bond acceptors (Lipinski definition) is 5. The molecule has 2 aromatic heterocycles. The van der Waals surface area contributed by atoms with Crippen LogP contribution in [-0.4, -0.2) is 53.9 Å². The summed E-state index contributed by atoms with van der Waals surface area (Å²) in [4.78, 5) is 33.0. The van der Waals surface area contributed by atoms with Gasteiger partial charge in [0.25, 0.3) is 5.56 Å². The molecule has 8 nitrogen and oxygen atoms in total. The van der Waals surface area contributed by atoms with Crippen LogP contribution >= 0.6 is 0 Å². The summed E-state index contributed by atoms with van der Waals surface area (Å²) in [5.74, 6) is 0.953. The number of aryl methyl sites for hydroxylation is 1. The van der Waals surface area contributed by atoms with Crippen LogP contribution in [0.4, 0.5) is 0 Å². The predicted molar refractivity (Wildman–Crippen MR) is 130 cm³/mol. The third-order valence-corrected chi connectivity index (χ3v) is 9.02. The third-order valence-electron chi connectivity index (χ3n) is 9.02. The Balaban J connectivity index is 1.34. The standard InChI is InChI=1S/C26H39N5O3/c1-19(14-20-8-4-3-5-9-20)23(32)30-13-12-26(34,25(16-30)10-6-7-11-25)17-31-18-27-21-15-29(2)28-22(21)24(31)33/h15,18-20,34H,3-14,16-17H2,1-2H3. The molecule has 2 aromatic rings. The Bertz CT molecular complexity index is 1100. The summed E-state index contributed by atoms with van der Waals surface area (Å²) in [7, 11) is 1.77. The van der Waals surface area contributed by atoms with Crippen molar-refractivity contribution in [2.24, 2.45) is 24.3 Å². The molecule has 3 fully saturated rings. The van der Waals surface area contributed by atoms with Crippen molar-refractivity contribution < 1.29 is 9.90 Å². The highest BCUT2D eigenvalue weighted by Gasteiger charge is 2.55. The molecular weight excluding hydrogens is 430 g/mol. The lowest BCUT2D eigenvalue weighted by molar-refractivity contribution is -0.163. The summed E-state index contributed by atoms with van der Waals surface area (Å²) >= 11 is 0. The molecule has 2 unspecified atom stereocenters. The van der Waals surface area contributed by atoms with E-state index < -0.39 is 5.60 Å². The van der Waals surface area contributed by atoms with Crippen molar-refractivity contribution in [2.45, 2.75) is 89.7 Å². The second-order valence-electron chi connectivity index (χ2n) is 11.4. The van der Waals surface area contributed by atoms with Crippen LogP contribution < -0.4 is 5.56 Å². The number of hydrogen-bond donors (Lipinski definition) is 1. The normalized spacial score (nSPS) is 26.4. The molecule has 34 heavy (non-hydrogen) atoms. The van der Waals surface area contributed by atoms with Gasteiger partial charge in [-0.3, -0.25) is 18.8 Å². The van der Waals surface area contributed by atoms with Gasteiger partial charge in [0.1, 0.15) is 5.52 Å². The van der Waals surface area contributed by atoms with Crippen LogP contribution in [0.3, 0.4) is 0 Å². The number of likely N-dealkylation sites (tertiary alicyclic amines) is 1. The Morgan fingerprint density at radius 2 is 1.91 bits per heavy atom. The van der Waals surface area contributed by atoms with Gasteiger partial charge in [0, 0.05) is 31.5 Å². The first-order chi connectivity index (χ1) is 16.3. The van der Waals surface area contributed by atoms with Gasteiger partial charge in [-0.2, -0.15) is 5.10 Å². The predicted octanol–water partition coefficient (Wildman–Crippen LogP) is 3.26. The van der Waals surface area contributed by atoms with Crippen LogP contribution in [0.15, 0.2) is 17.3 Å². The molecule has 2 atom stereocenters. The van der Waals surface area contributed by atoms with Gasteiger partial charge in [0.05, 0.1) is 24.7 Å². The van der Waals surface area contributed by atoms with E-state index in [0.29, 0.717) is 36.5 Å². The van der Waals surface area contributed by atoms with Gasteiger partial charge in [-0.25, -0.2) is 4.98 Å². The summed E-state index contributed by atoms with van der Waals surface area (Å²) in [5.41, 5.74) is -0.728. The molecule has 2 aliphatic carbocycles. The number of aliphatic hydroxyl groups is 1. The Morgan fingerprint density at radius 3 is 2.65 bits per heavy atom. The van der Waals surface area contributed by atoms with Crippen LogP contribution in [0.2, 0.25) is 0 Å². The van der Waals surface area contributed by atoms with Crippen molar-refractivity contribution in [2.75, 3.05) is 13.1 Å². The van der Waals surface area contributed by atoms with E-state index in [4.69, 9.17) is 0 Å². The summed E-state index contributed by atoms with van der Waals surface area (Å²) in [6, 6.07) is 0. The molecule has 1 spiro atoms. The minimum Gasteiger partial charge on any atom is -0.387 e. The van der Waals surface area contributed by atoms with E-state index in [2.05, 4.69) is 17.0 Å². The zero-order valence-electron chi connectivity index (χ0n) is 20.7. The lowest BCUT2D eigenvalue weighted by Gasteiger charge is -2.52. The highest BCUT2D eigenvalue weighted by atomic mass is 16.3. The fourth-order valence-electron chi connectivity index (χ4n) is 7.06. The van der Waals surface area contributed by atoms with Crippen molar-refractivity contribution in [1.29, 1.82) is 0 Å². The molecule has 2 saturated carbocycles. The molecule has 186 valence electrons. The van der Waals surface area contributed by atoms with E-state index in [0.717, 1.165) is 32.1 Å². The Hall–Kier alpha value is -2.22. The molecular formula is C26H39N5O3. The maximum atomic E-state index is 13.5. The number of rotatable bonds is 5. The van der Waals surface area contributed by atoms with Crippen LogP contribution in [0, 0.1) is 17.3 Å². The second-order valence-corrected chi connectivity index (χ2v) is 11.4. The Morgan fingerprint density at radius 1 is 1.18 bits per heavy atom. The molecule has 3 heterocycles. The van der Waals surface area contributed by atoms with Crippen molar-refractivity contribution in [3.63, 3.8) is 0 Å². The van der Waals surface area contributed by atoms with Gasteiger partial charge in [-0.05, 0) is 31.6 Å². The monoisotopic (exact) mass is 469 g/mol. The largest absolute Gasteiger partial charge is 0.387 e. The molecule has 1 N–H and O–H groups in total. The zero-order valence-corrected chi connectivity index (χ0v) is 20.7. The minimum absolute atomic E-state index is 0.0335. The first kappa shape index (κ1) is 23.5. The lowest BCUT2D eigenvalue weighted by atomic mass is 9.65. The van der Waals surface area contributed by atoms with E-state index in [1.54, 1.807) is 17.9 Å². The van der Waals surface area contributed by atoms with Crippen molar-refractivity contribution in [1.82, 2.24) is 24.2 Å². The molecule has 5 rings (SSSR count). The summed E-state index contributed by atoms with van der Waals surface area (Å²) in [5, 5.41) is 16.3. The van der Waals surface area contributed by atoms with Crippen molar-refractivity contribution in [3.8, 4) is 0 Å². The molecule has 1 aliphatic heterocycles. The third kappa shape index (κ3) is 4.18. The second kappa shape index (κ2) is 9.10. The van der Waals surface area contributed by atoms with E-state index in [9.17, 15) is 14.7 Å². The van der Waals surface area contributed by atoms with E-state index in [-0.39, 0.29) is 29.3 Å². The molecule has 8 heteroatoms. The van der Waals surface area contributed by atoms with Crippen LogP contribution in [0.25, 0.3) is 11.0 Å². The maximum Gasteiger partial charge on any atom is 0.281 e. The van der Waals surface area contributed by atoms with Gasteiger partial charge < -0.3 is 10.0 Å². The number of amides is 1. The van der Waals surface area contributed by atoms with Crippen LogP contribution in [0.5, 0.6) is 0 Å². The highest BCUT2D eigenvalue weighted by molar-refractivity contribution is 5.78. The number of fused-ring (bicyclic) bond motifs is 1. The summed E-state index contributed by atoms with van der Waals surface area (Å²) in [6.45, 7) is 3.42. The molecule has 0 aromatic carbocycles. The van der Waals surface area contributed by atoms with E-state index in [1.165, 1.54) is 43.0 Å². The van der Waals surface area contributed by atoms with Gasteiger partial charge in [0.2, 0.25) is 5.91 Å². The van der Waals surface area contributed by atoms with Crippen molar-refractivity contribution >= 4 is 16.9 Å². The van der Waals surface area contributed by atoms with Crippen LogP contribution in [-0.2, 0) is 18.4 Å². The SMILES string of the molecule is CC(CC1CCCCC1)C(=O)N1CCC(O)(Cn2cnc3cn(C)nc3c2=O)C2(CCCC2)C1. The summed E-state index contributed by atoms with van der Waals surface area (Å²) in [6.07, 6.45) is 15.0. The van der Waals surface area contributed by atoms with Gasteiger partial charge in [0.15, 0.2) is 5.52 Å². The number of carbonyl (C=O) groups excluding carboxylic acids is 1.